The Hall–Kier alpha value is -1.19. The van der Waals surface area contributed by atoms with Crippen LogP contribution in [0.3, 0.4) is 0 Å². The van der Waals surface area contributed by atoms with E-state index >= 15 is 0 Å². The van der Waals surface area contributed by atoms with E-state index in [0.717, 1.165) is 50.6 Å². The molecule has 2 aromatic carbocycles. The Morgan fingerprint density at radius 1 is 1.15 bits per heavy atom. The van der Waals surface area contributed by atoms with Crippen molar-refractivity contribution in [1.29, 1.82) is 0 Å². The van der Waals surface area contributed by atoms with Gasteiger partial charge in [-0.2, -0.15) is 0 Å². The highest BCUT2D eigenvalue weighted by atomic mass is 127. The molecule has 27 heavy (non-hydrogen) atoms. The summed E-state index contributed by atoms with van der Waals surface area (Å²) in [5.74, 6) is 1.16. The number of hydrogen-bond acceptors (Lipinski definition) is 4. The summed E-state index contributed by atoms with van der Waals surface area (Å²) in [5, 5.41) is 21.0. The van der Waals surface area contributed by atoms with Crippen LogP contribution in [0.5, 0.6) is 23.0 Å². The van der Waals surface area contributed by atoms with Crippen molar-refractivity contribution in [2.75, 3.05) is 34.9 Å². The highest BCUT2D eigenvalue weighted by molar-refractivity contribution is 9.10. The summed E-state index contributed by atoms with van der Waals surface area (Å²) in [7, 11) is 7.59. The molecule has 0 amide bonds. The van der Waals surface area contributed by atoms with Crippen molar-refractivity contribution in [2.24, 2.45) is 0 Å². The molecule has 5 nitrogen and oxygen atoms in total. The van der Waals surface area contributed by atoms with Gasteiger partial charge < -0.3 is 48.1 Å². The molecule has 0 saturated heterocycles. The van der Waals surface area contributed by atoms with Gasteiger partial charge in [-0.1, -0.05) is 0 Å². The van der Waals surface area contributed by atoms with Gasteiger partial charge in [0.2, 0.25) is 0 Å². The lowest BCUT2D eigenvalue weighted by Gasteiger charge is -2.46. The molecule has 146 valence electrons. The number of aromatic hydroxyl groups is 2. The van der Waals surface area contributed by atoms with Crippen LogP contribution in [0.2, 0.25) is 0 Å². The monoisotopic (exact) mass is 547 g/mol. The summed E-state index contributed by atoms with van der Waals surface area (Å²) >= 11 is 3.59. The van der Waals surface area contributed by atoms with Gasteiger partial charge in [0, 0.05) is 24.0 Å². The lowest BCUT2D eigenvalue weighted by molar-refractivity contribution is -0.923. The summed E-state index contributed by atoms with van der Waals surface area (Å²) in [6, 6.07) is 3.87. The molecule has 7 heteroatoms. The topological polar surface area (TPSA) is 58.9 Å². The Bertz CT molecular complexity index is 929. The van der Waals surface area contributed by atoms with Crippen LogP contribution >= 0.6 is 15.9 Å². The Kier molecular flexibility index (Phi) is 5.33. The van der Waals surface area contributed by atoms with Crippen molar-refractivity contribution in [1.82, 2.24) is 0 Å². The van der Waals surface area contributed by atoms with Crippen LogP contribution in [-0.4, -0.2) is 49.6 Å². The van der Waals surface area contributed by atoms with Gasteiger partial charge in [0.15, 0.2) is 23.0 Å². The Morgan fingerprint density at radius 3 is 2.48 bits per heavy atom. The molecule has 0 radical (unpaired) electrons. The molecule has 2 N–H and O–H groups in total. The fourth-order valence-electron chi connectivity index (χ4n) is 4.47. The number of benzene rings is 2. The molecule has 2 aromatic rings. The average Bonchev–Trinajstić information content (AvgIpc) is 2.60. The minimum atomic E-state index is 0. The molecule has 1 aliphatic carbocycles. The predicted molar refractivity (Wildman–Crippen MR) is 103 cm³/mol. The van der Waals surface area contributed by atoms with Gasteiger partial charge in [-0.05, 0) is 44.8 Å². The molecular weight excluding hydrogens is 525 g/mol. The van der Waals surface area contributed by atoms with Crippen LogP contribution < -0.4 is 33.5 Å². The van der Waals surface area contributed by atoms with Crippen LogP contribution in [0.15, 0.2) is 16.6 Å². The second-order valence-corrected chi connectivity index (χ2v) is 8.41. The normalized spacial score (nSPS) is 18.8. The van der Waals surface area contributed by atoms with Crippen LogP contribution in [0, 0.1) is 0 Å². The van der Waals surface area contributed by atoms with Gasteiger partial charge in [-0.15, -0.1) is 0 Å². The van der Waals surface area contributed by atoms with E-state index in [9.17, 15) is 10.2 Å². The number of methoxy groups -OCH3 is 2. The number of nitrogens with zero attached hydrogens (tertiary/aromatic N) is 1. The van der Waals surface area contributed by atoms with E-state index in [4.69, 9.17) is 9.47 Å². The number of ether oxygens (including phenoxy) is 2. The molecule has 2 aliphatic rings. The molecule has 0 fully saturated rings. The van der Waals surface area contributed by atoms with Crippen LogP contribution in [-0.2, 0) is 12.8 Å². The number of rotatable bonds is 2. The van der Waals surface area contributed by atoms with E-state index in [-0.39, 0.29) is 41.5 Å². The summed E-state index contributed by atoms with van der Waals surface area (Å²) in [6.45, 7) is 0.985. The number of phenolic OH excluding ortho intramolecular Hbond substituents is 2. The van der Waals surface area contributed by atoms with Crippen LogP contribution in [0.4, 0.5) is 0 Å². The van der Waals surface area contributed by atoms with Crippen molar-refractivity contribution in [2.45, 2.75) is 18.9 Å². The SMILES string of the molecule is COc1cc2c(cc1O)C[C@H]1c3c(c(Br)c(O)c(OC)c3-2)CC[N+]1(C)C.[I-]. The third kappa shape index (κ3) is 2.89. The number of phenols is 2. The molecule has 0 unspecified atom stereocenters. The highest BCUT2D eigenvalue weighted by Crippen LogP contribution is 2.57. The lowest BCUT2D eigenvalue weighted by atomic mass is 9.75. The van der Waals surface area contributed by atoms with Crippen molar-refractivity contribution in [3.8, 4) is 34.1 Å². The number of hydrogen-bond donors (Lipinski definition) is 2. The van der Waals surface area contributed by atoms with Crippen LogP contribution in [0.1, 0.15) is 22.7 Å². The smallest absolute Gasteiger partial charge is 0.173 e. The molecule has 0 bridgehead atoms. The Morgan fingerprint density at radius 2 is 1.85 bits per heavy atom. The number of quaternary nitrogens is 1. The molecule has 4 rings (SSSR count). The minimum Gasteiger partial charge on any atom is -1.00 e. The molecule has 1 aliphatic heterocycles. The lowest BCUT2D eigenvalue weighted by Crippen LogP contribution is -3.00. The quantitative estimate of drug-likeness (QED) is 0.431. The maximum Gasteiger partial charge on any atom is 0.173 e. The zero-order valence-corrected chi connectivity index (χ0v) is 19.5. The number of fused-ring (bicyclic) bond motifs is 2. The van der Waals surface area contributed by atoms with Gasteiger partial charge in [0.25, 0.3) is 0 Å². The minimum absolute atomic E-state index is 0. The largest absolute Gasteiger partial charge is 1.00 e. The second kappa shape index (κ2) is 7.00. The molecule has 1 heterocycles. The van der Waals surface area contributed by atoms with E-state index in [2.05, 4.69) is 30.0 Å². The molecular formula is C20H23BrINO4. The van der Waals surface area contributed by atoms with E-state index in [1.54, 1.807) is 20.3 Å². The summed E-state index contributed by atoms with van der Waals surface area (Å²) in [4.78, 5) is 0. The first kappa shape index (κ1) is 20.5. The predicted octanol–water partition coefficient (Wildman–Crippen LogP) is 0.778. The third-order valence-electron chi connectivity index (χ3n) is 5.92. The van der Waals surface area contributed by atoms with E-state index in [0.29, 0.717) is 11.5 Å². The Labute approximate surface area is 184 Å². The van der Waals surface area contributed by atoms with Gasteiger partial charge in [0.05, 0.1) is 39.3 Å². The highest BCUT2D eigenvalue weighted by Gasteiger charge is 2.44. The zero-order valence-electron chi connectivity index (χ0n) is 15.8. The van der Waals surface area contributed by atoms with Gasteiger partial charge in [-0.3, -0.25) is 0 Å². The summed E-state index contributed by atoms with van der Waals surface area (Å²) in [6.07, 6.45) is 1.70. The maximum absolute atomic E-state index is 10.8. The van der Waals surface area contributed by atoms with Crippen molar-refractivity contribution < 1.29 is 48.1 Å². The molecule has 0 saturated carbocycles. The molecule has 0 spiro atoms. The second-order valence-electron chi connectivity index (χ2n) is 7.62. The van der Waals surface area contributed by atoms with Crippen LogP contribution in [0.25, 0.3) is 11.1 Å². The van der Waals surface area contributed by atoms with Gasteiger partial charge >= 0.3 is 0 Å². The van der Waals surface area contributed by atoms with Gasteiger partial charge in [-0.25, -0.2) is 0 Å². The first-order chi connectivity index (χ1) is 12.3. The van der Waals surface area contributed by atoms with Crippen molar-refractivity contribution in [3.63, 3.8) is 0 Å². The molecule has 1 atom stereocenters. The standard InChI is InChI=1S/C20H22BrNO4.HI/c1-22(2)6-5-11-16-13(22)7-10-8-14(23)15(25-3)9-12(10)17(16)20(26-4)19(24)18(11)21;/h8-9,13H,5-7H2,1-4H3,(H-,23,24);1H/t13-;/m0./s1. The first-order valence-corrected chi connectivity index (χ1v) is 9.43. The summed E-state index contributed by atoms with van der Waals surface area (Å²) < 4.78 is 12.5. The zero-order chi connectivity index (χ0) is 18.8. The average molecular weight is 548 g/mol. The first-order valence-electron chi connectivity index (χ1n) is 8.64. The fraction of sp³-hybridized carbons (Fsp3) is 0.400. The third-order valence-corrected chi connectivity index (χ3v) is 6.77. The fourth-order valence-corrected chi connectivity index (χ4v) is 5.06. The van der Waals surface area contributed by atoms with Crippen molar-refractivity contribution >= 4 is 15.9 Å². The van der Waals surface area contributed by atoms with E-state index in [1.807, 2.05) is 6.07 Å². The molecule has 0 aromatic heterocycles. The summed E-state index contributed by atoms with van der Waals surface area (Å²) in [5.41, 5.74) is 5.29. The van der Waals surface area contributed by atoms with Gasteiger partial charge in [0.1, 0.15) is 6.04 Å². The number of halogens is 2. The number of likely N-dealkylation sites (N-methyl/N-ethyl adjacent to an activating group) is 1. The van der Waals surface area contributed by atoms with E-state index in [1.165, 1.54) is 5.56 Å². The van der Waals surface area contributed by atoms with E-state index < -0.39 is 0 Å². The Balaban J connectivity index is 0.00000210. The van der Waals surface area contributed by atoms with Crippen molar-refractivity contribution in [3.05, 3.63) is 33.3 Å². The maximum atomic E-state index is 10.8.